The van der Waals surface area contributed by atoms with E-state index in [1.165, 1.54) is 11.3 Å². The number of carbonyl (C=O) groups is 1. The van der Waals surface area contributed by atoms with Crippen LogP contribution < -0.4 is 5.32 Å². The zero-order valence-corrected chi connectivity index (χ0v) is 15.1. The van der Waals surface area contributed by atoms with Crippen LogP contribution in [0.3, 0.4) is 0 Å². The molecule has 0 spiro atoms. The van der Waals surface area contributed by atoms with Crippen molar-refractivity contribution in [2.45, 2.75) is 3.79 Å². The third-order valence-electron chi connectivity index (χ3n) is 3.09. The molecule has 1 N–H and O–H groups in total. The Kier molecular flexibility index (Phi) is 5.06. The van der Waals surface area contributed by atoms with Crippen LogP contribution in [0.15, 0.2) is 54.2 Å². The molecule has 0 bridgehead atoms. The molecule has 0 saturated carbocycles. The van der Waals surface area contributed by atoms with Gasteiger partial charge in [0, 0.05) is 34.6 Å². The molecule has 8 heteroatoms. The standard InChI is InChI=1S/C16H10Cl3N3OS/c17-16(18,19)15(23)21-12-5-1-3-10(7-12)13-9-24-14(22-13)11-4-2-6-20-8-11/h1-9H,(H,21,23). The molecule has 0 fully saturated rings. The summed E-state index contributed by atoms with van der Waals surface area (Å²) in [7, 11) is 0. The number of benzene rings is 1. The Balaban J connectivity index is 1.85. The second-order valence-corrected chi connectivity index (χ2v) is 7.95. The first-order valence-corrected chi connectivity index (χ1v) is 8.79. The van der Waals surface area contributed by atoms with E-state index in [0.717, 1.165) is 21.8 Å². The van der Waals surface area contributed by atoms with E-state index < -0.39 is 9.70 Å². The van der Waals surface area contributed by atoms with Crippen molar-refractivity contribution in [2.24, 2.45) is 0 Å². The molecular formula is C16H10Cl3N3OS. The first kappa shape index (κ1) is 17.2. The number of hydrogen-bond donors (Lipinski definition) is 1. The monoisotopic (exact) mass is 397 g/mol. The van der Waals surface area contributed by atoms with E-state index in [0.29, 0.717) is 5.69 Å². The van der Waals surface area contributed by atoms with E-state index in [-0.39, 0.29) is 0 Å². The Bertz CT molecular complexity index is 862. The van der Waals surface area contributed by atoms with Crippen molar-refractivity contribution in [3.63, 3.8) is 0 Å². The number of nitrogens with zero attached hydrogens (tertiary/aromatic N) is 2. The van der Waals surface area contributed by atoms with Crippen LogP contribution in [-0.2, 0) is 4.79 Å². The molecule has 1 aromatic carbocycles. The number of rotatable bonds is 3. The highest BCUT2D eigenvalue weighted by molar-refractivity contribution is 7.13. The largest absolute Gasteiger partial charge is 0.322 e. The molecule has 122 valence electrons. The van der Waals surface area contributed by atoms with Gasteiger partial charge >= 0.3 is 0 Å². The normalized spacial score (nSPS) is 11.3. The average Bonchev–Trinajstić information content (AvgIpc) is 3.05. The topological polar surface area (TPSA) is 54.9 Å². The molecule has 0 unspecified atom stereocenters. The molecule has 0 saturated heterocycles. The van der Waals surface area contributed by atoms with Crippen LogP contribution in [0, 0.1) is 0 Å². The second-order valence-electron chi connectivity index (χ2n) is 4.81. The predicted octanol–water partition coefficient (Wildman–Crippen LogP) is 5.18. The average molecular weight is 399 g/mol. The van der Waals surface area contributed by atoms with Gasteiger partial charge < -0.3 is 5.32 Å². The fourth-order valence-corrected chi connectivity index (χ4v) is 2.95. The number of amides is 1. The lowest BCUT2D eigenvalue weighted by molar-refractivity contribution is -0.115. The summed E-state index contributed by atoms with van der Waals surface area (Å²) < 4.78 is -2.01. The van der Waals surface area contributed by atoms with Gasteiger partial charge in [0.05, 0.1) is 5.69 Å². The van der Waals surface area contributed by atoms with Crippen LogP contribution in [0.5, 0.6) is 0 Å². The van der Waals surface area contributed by atoms with Crippen molar-refractivity contribution >= 4 is 57.7 Å². The lowest BCUT2D eigenvalue weighted by atomic mass is 10.1. The summed E-state index contributed by atoms with van der Waals surface area (Å²) in [4.78, 5) is 20.4. The van der Waals surface area contributed by atoms with Gasteiger partial charge in [0.1, 0.15) is 5.01 Å². The number of hydrogen-bond acceptors (Lipinski definition) is 4. The lowest BCUT2D eigenvalue weighted by Crippen LogP contribution is -2.26. The van der Waals surface area contributed by atoms with Crippen molar-refractivity contribution in [3.05, 3.63) is 54.2 Å². The van der Waals surface area contributed by atoms with Crippen LogP contribution in [0.2, 0.25) is 0 Å². The Labute approximate surface area is 157 Å². The maximum absolute atomic E-state index is 11.7. The van der Waals surface area contributed by atoms with Gasteiger partial charge in [0.15, 0.2) is 0 Å². The third kappa shape index (κ3) is 4.05. The van der Waals surface area contributed by atoms with Crippen LogP contribution in [0.25, 0.3) is 21.8 Å². The maximum atomic E-state index is 11.7. The zero-order valence-electron chi connectivity index (χ0n) is 12.0. The van der Waals surface area contributed by atoms with Crippen molar-refractivity contribution < 1.29 is 4.79 Å². The summed E-state index contributed by atoms with van der Waals surface area (Å²) in [5.41, 5.74) is 3.13. The van der Waals surface area contributed by atoms with Crippen molar-refractivity contribution in [1.29, 1.82) is 0 Å². The number of carbonyl (C=O) groups excluding carboxylic acids is 1. The molecule has 0 aliphatic rings. The molecule has 2 heterocycles. The summed E-state index contributed by atoms with van der Waals surface area (Å²) in [5, 5.41) is 5.37. The molecule has 0 aliphatic heterocycles. The third-order valence-corrected chi connectivity index (χ3v) is 4.49. The molecule has 2 aromatic heterocycles. The zero-order chi connectivity index (χ0) is 17.2. The molecular weight excluding hydrogens is 389 g/mol. The Morgan fingerprint density at radius 2 is 1.92 bits per heavy atom. The number of nitrogens with one attached hydrogen (secondary N) is 1. The fraction of sp³-hybridized carbons (Fsp3) is 0.0625. The van der Waals surface area contributed by atoms with Crippen LogP contribution >= 0.6 is 46.1 Å². The fourth-order valence-electron chi connectivity index (χ4n) is 1.99. The van der Waals surface area contributed by atoms with Crippen molar-refractivity contribution in [3.8, 4) is 21.8 Å². The van der Waals surface area contributed by atoms with Gasteiger partial charge in [0.2, 0.25) is 0 Å². The highest BCUT2D eigenvalue weighted by atomic mass is 35.6. The number of thiazole rings is 1. The van der Waals surface area contributed by atoms with E-state index in [9.17, 15) is 4.79 Å². The Morgan fingerprint density at radius 3 is 2.62 bits per heavy atom. The van der Waals surface area contributed by atoms with Gasteiger partial charge in [-0.2, -0.15) is 0 Å². The second kappa shape index (κ2) is 7.07. The minimum Gasteiger partial charge on any atom is -0.322 e. The first-order chi connectivity index (χ1) is 11.4. The lowest BCUT2D eigenvalue weighted by Gasteiger charge is -2.11. The molecule has 1 amide bonds. The molecule has 0 radical (unpaired) electrons. The number of alkyl halides is 3. The number of anilines is 1. The van der Waals surface area contributed by atoms with E-state index >= 15 is 0 Å². The molecule has 4 nitrogen and oxygen atoms in total. The maximum Gasteiger partial charge on any atom is 0.276 e. The Hall–Kier alpha value is -1.66. The van der Waals surface area contributed by atoms with Crippen molar-refractivity contribution in [1.82, 2.24) is 9.97 Å². The van der Waals surface area contributed by atoms with Crippen LogP contribution in [0.4, 0.5) is 5.69 Å². The van der Waals surface area contributed by atoms with Crippen LogP contribution in [-0.4, -0.2) is 19.7 Å². The molecule has 0 aliphatic carbocycles. The molecule has 3 aromatic rings. The van der Waals surface area contributed by atoms with Gasteiger partial charge in [-0.05, 0) is 24.3 Å². The summed E-state index contributed by atoms with van der Waals surface area (Å²) in [5.74, 6) is -0.709. The summed E-state index contributed by atoms with van der Waals surface area (Å²) in [6.07, 6.45) is 3.48. The van der Waals surface area contributed by atoms with Gasteiger partial charge in [0.25, 0.3) is 9.70 Å². The van der Waals surface area contributed by atoms with Gasteiger partial charge in [-0.1, -0.05) is 46.9 Å². The van der Waals surface area contributed by atoms with E-state index in [2.05, 4.69) is 15.3 Å². The molecule has 0 atom stereocenters. The number of halogens is 3. The van der Waals surface area contributed by atoms with E-state index in [1.54, 1.807) is 30.6 Å². The van der Waals surface area contributed by atoms with Gasteiger partial charge in [-0.15, -0.1) is 11.3 Å². The summed E-state index contributed by atoms with van der Waals surface area (Å²) in [6.45, 7) is 0. The minimum absolute atomic E-state index is 0.528. The quantitative estimate of drug-likeness (QED) is 0.618. The van der Waals surface area contributed by atoms with E-state index in [1.807, 2.05) is 23.6 Å². The highest BCUT2D eigenvalue weighted by Crippen LogP contribution is 2.31. The predicted molar refractivity (Wildman–Crippen MR) is 99.7 cm³/mol. The first-order valence-electron chi connectivity index (χ1n) is 6.78. The summed E-state index contributed by atoms with van der Waals surface area (Å²) >= 11 is 18.2. The molecule has 3 rings (SSSR count). The number of aromatic nitrogens is 2. The van der Waals surface area contributed by atoms with E-state index in [4.69, 9.17) is 34.8 Å². The summed E-state index contributed by atoms with van der Waals surface area (Å²) in [6, 6.07) is 11.0. The van der Waals surface area contributed by atoms with Crippen molar-refractivity contribution in [2.75, 3.05) is 5.32 Å². The number of pyridine rings is 1. The minimum atomic E-state index is -2.01. The Morgan fingerprint density at radius 1 is 1.12 bits per heavy atom. The van der Waals surface area contributed by atoms with Gasteiger partial charge in [-0.3, -0.25) is 9.78 Å². The highest BCUT2D eigenvalue weighted by Gasteiger charge is 2.30. The SMILES string of the molecule is O=C(Nc1cccc(-c2csc(-c3cccnc3)n2)c1)C(Cl)(Cl)Cl. The van der Waals surface area contributed by atoms with Crippen LogP contribution in [0.1, 0.15) is 0 Å². The smallest absolute Gasteiger partial charge is 0.276 e. The molecule has 24 heavy (non-hydrogen) atoms. The van der Waals surface area contributed by atoms with Gasteiger partial charge in [-0.25, -0.2) is 4.98 Å².